The summed E-state index contributed by atoms with van der Waals surface area (Å²) in [5.41, 5.74) is 1.28. The Morgan fingerprint density at radius 2 is 1.93 bits per heavy atom. The van der Waals surface area contributed by atoms with Crippen LogP contribution in [0.3, 0.4) is 0 Å². The molecule has 2 bridgehead atoms. The number of benzene rings is 1. The molecule has 3 fully saturated rings. The lowest BCUT2D eigenvalue weighted by Crippen LogP contribution is -2.51. The molecule has 0 spiro atoms. The second kappa shape index (κ2) is 6.79. The number of carbonyl (C=O) groups is 1. The maximum atomic E-state index is 14.5. The summed E-state index contributed by atoms with van der Waals surface area (Å²) < 4.78 is 28.2. The SMILES string of the molecule is O=C(O)[C@H]1C2CCC(CC2)[C@@H]1Nc1nc(-c2c[nH]c3ccc(F)cc23)ncc1F. The van der Waals surface area contributed by atoms with Crippen LogP contribution in [0.25, 0.3) is 22.3 Å². The Morgan fingerprint density at radius 1 is 1.17 bits per heavy atom. The molecule has 3 aromatic rings. The van der Waals surface area contributed by atoms with Crippen LogP contribution in [0.15, 0.2) is 30.6 Å². The van der Waals surface area contributed by atoms with Gasteiger partial charge in [-0.25, -0.2) is 18.7 Å². The van der Waals surface area contributed by atoms with Gasteiger partial charge < -0.3 is 15.4 Å². The van der Waals surface area contributed by atoms with Gasteiger partial charge in [-0.1, -0.05) is 0 Å². The van der Waals surface area contributed by atoms with Crippen molar-refractivity contribution in [3.05, 3.63) is 42.2 Å². The standard InChI is InChI=1S/C21H20F2N4O2/c22-12-5-6-16-13(7-12)14(8-24-16)19-25-9-15(23)20(27-19)26-18-11-3-1-10(2-4-11)17(18)21(28)29/h5-11,17-18,24H,1-4H2,(H,28,29)(H,25,26,27)/t10?,11?,17-,18-/m0/s1. The van der Waals surface area contributed by atoms with Crippen molar-refractivity contribution < 1.29 is 18.7 Å². The van der Waals surface area contributed by atoms with Gasteiger partial charge in [0.2, 0.25) is 0 Å². The maximum Gasteiger partial charge on any atom is 0.308 e. The van der Waals surface area contributed by atoms with Gasteiger partial charge in [-0.2, -0.15) is 0 Å². The quantitative estimate of drug-likeness (QED) is 0.613. The van der Waals surface area contributed by atoms with Gasteiger partial charge in [0.15, 0.2) is 17.5 Å². The minimum absolute atomic E-state index is 0.00967. The Morgan fingerprint density at radius 3 is 2.69 bits per heavy atom. The average molecular weight is 398 g/mol. The van der Waals surface area contributed by atoms with Crippen molar-refractivity contribution in [2.75, 3.05) is 5.32 Å². The Bertz CT molecular complexity index is 1090. The predicted octanol–water partition coefficient (Wildman–Crippen LogP) is 4.20. The predicted molar refractivity (Wildman–Crippen MR) is 103 cm³/mol. The molecule has 6 nitrogen and oxygen atoms in total. The number of anilines is 1. The van der Waals surface area contributed by atoms with Gasteiger partial charge in [0.25, 0.3) is 0 Å². The van der Waals surface area contributed by atoms with Gasteiger partial charge in [-0.15, -0.1) is 0 Å². The van der Waals surface area contributed by atoms with Gasteiger partial charge in [0.05, 0.1) is 12.1 Å². The van der Waals surface area contributed by atoms with E-state index in [1.807, 2.05) is 0 Å². The second-order valence-corrected chi connectivity index (χ2v) is 7.99. The number of nitrogens with zero attached hydrogens (tertiary/aromatic N) is 2. The molecule has 3 aliphatic rings. The zero-order valence-corrected chi connectivity index (χ0v) is 15.5. The highest BCUT2D eigenvalue weighted by atomic mass is 19.1. The molecule has 8 heteroatoms. The second-order valence-electron chi connectivity index (χ2n) is 7.99. The van der Waals surface area contributed by atoms with Gasteiger partial charge in [0, 0.05) is 28.7 Å². The molecule has 2 aromatic heterocycles. The van der Waals surface area contributed by atoms with Crippen LogP contribution in [0.2, 0.25) is 0 Å². The van der Waals surface area contributed by atoms with Crippen molar-refractivity contribution in [1.82, 2.24) is 15.0 Å². The summed E-state index contributed by atoms with van der Waals surface area (Å²) in [5, 5.41) is 13.4. The van der Waals surface area contributed by atoms with Crippen molar-refractivity contribution >= 4 is 22.7 Å². The number of hydrogen-bond donors (Lipinski definition) is 3. The first-order chi connectivity index (χ1) is 14.0. The fourth-order valence-corrected chi connectivity index (χ4v) is 5.05. The number of fused-ring (bicyclic) bond motifs is 4. The molecule has 3 aliphatic carbocycles. The Hall–Kier alpha value is -3.03. The first-order valence-electron chi connectivity index (χ1n) is 9.80. The molecule has 0 radical (unpaired) electrons. The number of aromatic amines is 1. The van der Waals surface area contributed by atoms with E-state index in [0.717, 1.165) is 37.4 Å². The van der Waals surface area contributed by atoms with Crippen LogP contribution in [0, 0.1) is 29.4 Å². The first-order valence-corrected chi connectivity index (χ1v) is 9.80. The van der Waals surface area contributed by atoms with E-state index < -0.39 is 17.7 Å². The van der Waals surface area contributed by atoms with Crippen molar-refractivity contribution in [2.45, 2.75) is 31.7 Å². The van der Waals surface area contributed by atoms with Crippen molar-refractivity contribution in [3.63, 3.8) is 0 Å². The van der Waals surface area contributed by atoms with Gasteiger partial charge >= 0.3 is 5.97 Å². The van der Waals surface area contributed by atoms with Gasteiger partial charge in [0.1, 0.15) is 5.82 Å². The first kappa shape index (κ1) is 18.0. The number of halogens is 2. The average Bonchev–Trinajstić information content (AvgIpc) is 3.13. The lowest BCUT2D eigenvalue weighted by Gasteiger charge is -2.47. The van der Waals surface area contributed by atoms with Crippen LogP contribution in [-0.4, -0.2) is 32.1 Å². The Balaban J connectivity index is 1.51. The molecule has 0 amide bonds. The monoisotopic (exact) mass is 398 g/mol. The summed E-state index contributed by atoms with van der Waals surface area (Å²) in [4.78, 5) is 23.3. The summed E-state index contributed by atoms with van der Waals surface area (Å²) in [6.07, 6.45) is 6.40. The minimum Gasteiger partial charge on any atom is -0.481 e. The molecular formula is C21H20F2N4O2. The van der Waals surface area contributed by atoms with E-state index in [1.165, 1.54) is 12.1 Å². The van der Waals surface area contributed by atoms with Gasteiger partial charge in [-0.3, -0.25) is 4.79 Å². The molecule has 1 aromatic carbocycles. The van der Waals surface area contributed by atoms with Crippen LogP contribution in [0.5, 0.6) is 0 Å². The Labute approximate surface area is 165 Å². The van der Waals surface area contributed by atoms with Crippen LogP contribution in [-0.2, 0) is 4.79 Å². The molecule has 2 heterocycles. The fraction of sp³-hybridized carbons (Fsp3) is 0.381. The molecule has 29 heavy (non-hydrogen) atoms. The molecule has 0 unspecified atom stereocenters. The number of hydrogen-bond acceptors (Lipinski definition) is 4. The third kappa shape index (κ3) is 3.03. The number of nitrogens with one attached hydrogen (secondary N) is 2. The topological polar surface area (TPSA) is 90.9 Å². The highest BCUT2D eigenvalue weighted by molar-refractivity contribution is 5.93. The van der Waals surface area contributed by atoms with E-state index in [0.29, 0.717) is 10.9 Å². The summed E-state index contributed by atoms with van der Waals surface area (Å²) in [6.45, 7) is 0. The van der Waals surface area contributed by atoms with Crippen molar-refractivity contribution in [3.8, 4) is 11.4 Å². The summed E-state index contributed by atoms with van der Waals surface area (Å²) in [6, 6.07) is 3.98. The molecule has 0 saturated heterocycles. The van der Waals surface area contributed by atoms with E-state index in [1.54, 1.807) is 12.3 Å². The van der Waals surface area contributed by atoms with E-state index in [-0.39, 0.29) is 35.3 Å². The van der Waals surface area contributed by atoms with Gasteiger partial charge in [-0.05, 0) is 55.7 Å². The van der Waals surface area contributed by atoms with E-state index >= 15 is 0 Å². The number of rotatable bonds is 4. The summed E-state index contributed by atoms with van der Waals surface area (Å²) >= 11 is 0. The molecule has 3 N–H and O–H groups in total. The number of carboxylic acids is 1. The molecule has 6 rings (SSSR count). The molecule has 3 saturated carbocycles. The lowest BCUT2D eigenvalue weighted by molar-refractivity contribution is -0.148. The number of aromatic nitrogens is 3. The third-order valence-electron chi connectivity index (χ3n) is 6.44. The molecule has 150 valence electrons. The van der Waals surface area contributed by atoms with E-state index in [9.17, 15) is 18.7 Å². The number of aliphatic carboxylic acids is 1. The zero-order chi connectivity index (χ0) is 20.1. The highest BCUT2D eigenvalue weighted by Crippen LogP contribution is 2.46. The summed E-state index contributed by atoms with van der Waals surface area (Å²) in [5.74, 6) is -1.90. The van der Waals surface area contributed by atoms with Crippen LogP contribution < -0.4 is 5.32 Å². The van der Waals surface area contributed by atoms with Crippen LogP contribution in [0.1, 0.15) is 25.7 Å². The Kier molecular flexibility index (Phi) is 4.22. The maximum absolute atomic E-state index is 14.5. The lowest BCUT2D eigenvalue weighted by atomic mass is 9.61. The molecule has 2 atom stereocenters. The summed E-state index contributed by atoms with van der Waals surface area (Å²) in [7, 11) is 0. The fourth-order valence-electron chi connectivity index (χ4n) is 5.05. The van der Waals surface area contributed by atoms with Crippen molar-refractivity contribution in [2.24, 2.45) is 17.8 Å². The van der Waals surface area contributed by atoms with Crippen LogP contribution >= 0.6 is 0 Å². The minimum atomic E-state index is -0.848. The highest BCUT2D eigenvalue weighted by Gasteiger charge is 2.47. The van der Waals surface area contributed by atoms with E-state index in [4.69, 9.17) is 0 Å². The normalized spacial score (nSPS) is 26.0. The molecular weight excluding hydrogens is 378 g/mol. The van der Waals surface area contributed by atoms with Crippen molar-refractivity contribution in [1.29, 1.82) is 0 Å². The zero-order valence-electron chi connectivity index (χ0n) is 15.5. The van der Waals surface area contributed by atoms with Crippen LogP contribution in [0.4, 0.5) is 14.6 Å². The smallest absolute Gasteiger partial charge is 0.308 e. The molecule has 0 aliphatic heterocycles. The number of carboxylic acid groups (broad SMARTS) is 1. The third-order valence-corrected chi connectivity index (χ3v) is 6.44. The van der Waals surface area contributed by atoms with E-state index in [2.05, 4.69) is 20.3 Å². The largest absolute Gasteiger partial charge is 0.481 e. The number of H-pyrrole nitrogens is 1.